The zero-order chi connectivity index (χ0) is 23.0. The first kappa shape index (κ1) is 22.3. The Hall–Kier alpha value is -2.95. The van der Waals surface area contributed by atoms with Gasteiger partial charge >= 0.3 is 0 Å². The van der Waals surface area contributed by atoms with E-state index >= 15 is 0 Å². The van der Waals surface area contributed by atoms with E-state index < -0.39 is 0 Å². The second-order valence-corrected chi connectivity index (χ2v) is 9.73. The molecule has 0 aromatic carbocycles. The summed E-state index contributed by atoms with van der Waals surface area (Å²) in [6.07, 6.45) is 4.55. The van der Waals surface area contributed by atoms with Crippen molar-refractivity contribution in [1.82, 2.24) is 24.9 Å². The number of hydrogen-bond donors (Lipinski definition) is 0. The number of fused-ring (bicyclic) bond motifs is 2. The van der Waals surface area contributed by atoms with Crippen LogP contribution in [0.15, 0.2) is 36.7 Å². The summed E-state index contributed by atoms with van der Waals surface area (Å²) in [5.41, 5.74) is 6.31. The van der Waals surface area contributed by atoms with Crippen LogP contribution < -0.4 is 0 Å². The first-order chi connectivity index (χ1) is 15.2. The summed E-state index contributed by atoms with van der Waals surface area (Å²) in [5, 5.41) is 2.19. The molecule has 0 aliphatic rings. The minimum atomic E-state index is 0.147. The summed E-state index contributed by atoms with van der Waals surface area (Å²) in [5.74, 6) is 2.06. The highest BCUT2D eigenvalue weighted by Crippen LogP contribution is 2.28. The van der Waals surface area contributed by atoms with Crippen LogP contribution in [0.25, 0.3) is 21.8 Å². The van der Waals surface area contributed by atoms with Crippen molar-refractivity contribution in [3.05, 3.63) is 65.3 Å². The Kier molecular flexibility index (Phi) is 6.18. The molecule has 4 rings (SSSR count). The highest BCUT2D eigenvalue weighted by atomic mass is 14.9. The topological polar surface area (TPSA) is 64.5 Å². The van der Waals surface area contributed by atoms with E-state index in [1.165, 1.54) is 0 Å². The van der Waals surface area contributed by atoms with E-state index in [2.05, 4.69) is 71.6 Å². The molecule has 32 heavy (non-hydrogen) atoms. The Morgan fingerprint density at radius 2 is 1.44 bits per heavy atom. The summed E-state index contributed by atoms with van der Waals surface area (Å²) >= 11 is 0. The molecule has 0 N–H and O–H groups in total. The number of aromatic nitrogens is 5. The van der Waals surface area contributed by atoms with E-state index in [0.717, 1.165) is 56.8 Å². The van der Waals surface area contributed by atoms with Gasteiger partial charge in [0.15, 0.2) is 0 Å². The van der Waals surface area contributed by atoms with Crippen LogP contribution in [0.5, 0.6) is 0 Å². The van der Waals surface area contributed by atoms with E-state index in [-0.39, 0.29) is 5.92 Å². The molecule has 166 valence electrons. The molecule has 1 unspecified atom stereocenters. The summed E-state index contributed by atoms with van der Waals surface area (Å²) in [7, 11) is 0. The second-order valence-electron chi connectivity index (χ2n) is 9.73. The van der Waals surface area contributed by atoms with E-state index in [1.54, 1.807) is 0 Å². The van der Waals surface area contributed by atoms with Gasteiger partial charge in [-0.2, -0.15) is 0 Å². The van der Waals surface area contributed by atoms with Crippen LogP contribution in [-0.4, -0.2) is 24.9 Å². The first-order valence-electron chi connectivity index (χ1n) is 11.7. The van der Waals surface area contributed by atoms with Crippen LogP contribution in [0.1, 0.15) is 101 Å². The lowest BCUT2D eigenvalue weighted by molar-refractivity contribution is 0.683. The number of hydrogen-bond acceptors (Lipinski definition) is 5. The van der Waals surface area contributed by atoms with Crippen LogP contribution in [-0.2, 0) is 6.42 Å². The van der Waals surface area contributed by atoms with Crippen molar-refractivity contribution in [2.24, 2.45) is 0 Å². The maximum Gasteiger partial charge on any atom is 0.132 e. The molecule has 1 atom stereocenters. The standard InChI is InChI=1S/C27H33N5/c1-15(2)22-9-8-20-24(31-22)13-19(30-26(20)17(5)6)12-18(7)27-29-14-21-23(32-27)10-11-28-25(21)16(3)4/h8-11,13-18H,12H2,1-7H3. The molecular formula is C27H33N5. The molecule has 4 heterocycles. The zero-order valence-corrected chi connectivity index (χ0v) is 20.2. The van der Waals surface area contributed by atoms with Crippen LogP contribution >= 0.6 is 0 Å². The zero-order valence-electron chi connectivity index (χ0n) is 20.2. The maximum absolute atomic E-state index is 5.03. The quantitative estimate of drug-likeness (QED) is 0.343. The van der Waals surface area contributed by atoms with E-state index in [4.69, 9.17) is 19.9 Å². The van der Waals surface area contributed by atoms with Crippen LogP contribution in [0.3, 0.4) is 0 Å². The fraction of sp³-hybridized carbons (Fsp3) is 0.444. The molecule has 5 nitrogen and oxygen atoms in total. The minimum absolute atomic E-state index is 0.147. The Labute approximate surface area is 190 Å². The van der Waals surface area contributed by atoms with Gasteiger partial charge in [0.2, 0.25) is 0 Å². The van der Waals surface area contributed by atoms with Gasteiger partial charge in [0.05, 0.1) is 22.4 Å². The average Bonchev–Trinajstić information content (AvgIpc) is 2.76. The summed E-state index contributed by atoms with van der Waals surface area (Å²) in [4.78, 5) is 24.1. The number of rotatable bonds is 6. The summed E-state index contributed by atoms with van der Waals surface area (Å²) < 4.78 is 0. The summed E-state index contributed by atoms with van der Waals surface area (Å²) in [6, 6.07) is 8.43. The van der Waals surface area contributed by atoms with Crippen molar-refractivity contribution in [1.29, 1.82) is 0 Å². The molecule has 0 bridgehead atoms. The first-order valence-corrected chi connectivity index (χ1v) is 11.7. The maximum atomic E-state index is 5.03. The van der Waals surface area contributed by atoms with Gasteiger partial charge in [-0.15, -0.1) is 0 Å². The largest absolute Gasteiger partial charge is 0.260 e. The second kappa shape index (κ2) is 8.89. The minimum Gasteiger partial charge on any atom is -0.260 e. The lowest BCUT2D eigenvalue weighted by Crippen LogP contribution is -2.08. The Morgan fingerprint density at radius 3 is 2.12 bits per heavy atom. The molecule has 0 saturated heterocycles. The molecule has 0 amide bonds. The highest BCUT2D eigenvalue weighted by molar-refractivity contribution is 5.82. The third-order valence-corrected chi connectivity index (χ3v) is 5.99. The van der Waals surface area contributed by atoms with E-state index in [0.29, 0.717) is 17.8 Å². The van der Waals surface area contributed by atoms with Gasteiger partial charge in [-0.3, -0.25) is 15.0 Å². The molecule has 0 aliphatic carbocycles. The molecule has 0 spiro atoms. The molecule has 0 saturated carbocycles. The lowest BCUT2D eigenvalue weighted by atomic mass is 9.98. The molecule has 0 radical (unpaired) electrons. The Morgan fingerprint density at radius 1 is 0.688 bits per heavy atom. The van der Waals surface area contributed by atoms with Gasteiger partial charge < -0.3 is 0 Å². The van der Waals surface area contributed by atoms with Gasteiger partial charge in [-0.05, 0) is 48.4 Å². The van der Waals surface area contributed by atoms with Crippen molar-refractivity contribution in [2.75, 3.05) is 0 Å². The number of nitrogens with zero attached hydrogens (tertiary/aromatic N) is 5. The Balaban J connectivity index is 1.70. The van der Waals surface area contributed by atoms with Gasteiger partial charge in [0, 0.05) is 40.5 Å². The van der Waals surface area contributed by atoms with Crippen molar-refractivity contribution in [3.8, 4) is 0 Å². The molecule has 4 aromatic rings. The van der Waals surface area contributed by atoms with Crippen LogP contribution in [0, 0.1) is 0 Å². The van der Waals surface area contributed by atoms with Gasteiger partial charge in [0.25, 0.3) is 0 Å². The van der Waals surface area contributed by atoms with Crippen molar-refractivity contribution < 1.29 is 0 Å². The third kappa shape index (κ3) is 4.34. The third-order valence-electron chi connectivity index (χ3n) is 5.99. The van der Waals surface area contributed by atoms with Crippen molar-refractivity contribution in [2.45, 2.75) is 78.6 Å². The predicted octanol–water partition coefficient (Wildman–Crippen LogP) is 6.68. The van der Waals surface area contributed by atoms with Crippen LogP contribution in [0.2, 0.25) is 0 Å². The summed E-state index contributed by atoms with van der Waals surface area (Å²) in [6.45, 7) is 15.2. The van der Waals surface area contributed by atoms with Gasteiger partial charge in [-0.1, -0.05) is 48.5 Å². The van der Waals surface area contributed by atoms with E-state index in [9.17, 15) is 0 Å². The van der Waals surface area contributed by atoms with Crippen LogP contribution in [0.4, 0.5) is 0 Å². The monoisotopic (exact) mass is 427 g/mol. The molecule has 4 aromatic heterocycles. The average molecular weight is 428 g/mol. The lowest BCUT2D eigenvalue weighted by Gasteiger charge is -2.16. The molecule has 0 fully saturated rings. The van der Waals surface area contributed by atoms with Crippen molar-refractivity contribution in [3.63, 3.8) is 0 Å². The fourth-order valence-electron chi connectivity index (χ4n) is 4.18. The number of pyridine rings is 3. The van der Waals surface area contributed by atoms with Gasteiger partial charge in [0.1, 0.15) is 5.82 Å². The SMILES string of the molecule is CC(C)c1ccc2c(C(C)C)nc(CC(C)c3ncc4c(C(C)C)nccc4n3)cc2n1. The van der Waals surface area contributed by atoms with E-state index in [1.807, 2.05) is 18.5 Å². The predicted molar refractivity (Wildman–Crippen MR) is 131 cm³/mol. The molecule has 0 aliphatic heterocycles. The normalized spacial score (nSPS) is 13.1. The Bertz CT molecular complexity index is 1260. The van der Waals surface area contributed by atoms with Crippen molar-refractivity contribution >= 4 is 21.8 Å². The fourth-order valence-corrected chi connectivity index (χ4v) is 4.18. The molecular weight excluding hydrogens is 394 g/mol. The van der Waals surface area contributed by atoms with Gasteiger partial charge in [-0.25, -0.2) is 9.97 Å². The smallest absolute Gasteiger partial charge is 0.132 e. The highest BCUT2D eigenvalue weighted by Gasteiger charge is 2.17. The molecule has 5 heteroatoms.